The zero-order valence-corrected chi connectivity index (χ0v) is 16.3. The smallest absolute Gasteiger partial charge is 0.311 e. The van der Waals surface area contributed by atoms with Crippen LogP contribution in [0.3, 0.4) is 0 Å². The lowest BCUT2D eigenvalue weighted by Crippen LogP contribution is -2.52. The van der Waals surface area contributed by atoms with Gasteiger partial charge in [-0.15, -0.1) is 0 Å². The number of carbonyl (C=O) groups excluding carboxylic acids is 2. The summed E-state index contributed by atoms with van der Waals surface area (Å²) in [7, 11) is 0. The molecule has 0 bridgehead atoms. The summed E-state index contributed by atoms with van der Waals surface area (Å²) in [5, 5.41) is 6.79. The molecule has 0 atom stereocenters. The molecule has 0 unspecified atom stereocenters. The highest BCUT2D eigenvalue weighted by molar-refractivity contribution is 9.10. The predicted molar refractivity (Wildman–Crippen MR) is 100 cm³/mol. The summed E-state index contributed by atoms with van der Waals surface area (Å²) < 4.78 is 6.32. The second kappa shape index (κ2) is 7.77. The van der Waals surface area contributed by atoms with Crippen molar-refractivity contribution in [2.45, 2.75) is 25.4 Å². The van der Waals surface area contributed by atoms with Crippen molar-refractivity contribution in [2.75, 3.05) is 26.2 Å². The van der Waals surface area contributed by atoms with E-state index in [1.54, 1.807) is 4.90 Å². The highest BCUT2D eigenvalue weighted by Gasteiger charge is 2.30. The van der Waals surface area contributed by atoms with Crippen LogP contribution in [0.25, 0.3) is 11.4 Å². The van der Waals surface area contributed by atoms with Crippen molar-refractivity contribution in [1.82, 2.24) is 25.3 Å². The van der Waals surface area contributed by atoms with E-state index in [1.807, 2.05) is 24.3 Å². The first kappa shape index (κ1) is 18.1. The SMILES string of the molecule is O=C(NC1CC1)C(=O)N1CCN(Cc2nc(-c3cccc(Br)c3)no2)CC1. The van der Waals surface area contributed by atoms with Gasteiger partial charge in [-0.1, -0.05) is 33.2 Å². The molecule has 1 aromatic heterocycles. The monoisotopic (exact) mass is 433 g/mol. The third-order valence-electron chi connectivity index (χ3n) is 4.68. The molecule has 2 aliphatic rings. The van der Waals surface area contributed by atoms with E-state index in [1.165, 1.54) is 0 Å². The Balaban J connectivity index is 1.29. The van der Waals surface area contributed by atoms with Crippen LogP contribution in [0, 0.1) is 0 Å². The molecular weight excluding hydrogens is 414 g/mol. The number of amides is 2. The molecule has 1 N–H and O–H groups in total. The van der Waals surface area contributed by atoms with Gasteiger partial charge in [-0.2, -0.15) is 4.98 Å². The molecule has 0 spiro atoms. The maximum Gasteiger partial charge on any atom is 0.311 e. The first-order valence-electron chi connectivity index (χ1n) is 8.99. The maximum atomic E-state index is 12.2. The number of aromatic nitrogens is 2. The van der Waals surface area contributed by atoms with Crippen molar-refractivity contribution >= 4 is 27.7 Å². The van der Waals surface area contributed by atoms with Gasteiger partial charge in [0.15, 0.2) is 0 Å². The summed E-state index contributed by atoms with van der Waals surface area (Å²) in [6, 6.07) is 7.92. The van der Waals surface area contributed by atoms with E-state index in [0.29, 0.717) is 44.4 Å². The third kappa shape index (κ3) is 4.54. The summed E-state index contributed by atoms with van der Waals surface area (Å²) in [5.41, 5.74) is 0.886. The number of nitrogens with zero attached hydrogens (tertiary/aromatic N) is 4. The van der Waals surface area contributed by atoms with E-state index in [9.17, 15) is 9.59 Å². The Labute approximate surface area is 165 Å². The fourth-order valence-corrected chi connectivity index (χ4v) is 3.38. The number of piperazine rings is 1. The lowest BCUT2D eigenvalue weighted by Gasteiger charge is -2.33. The first-order valence-corrected chi connectivity index (χ1v) is 9.78. The first-order chi connectivity index (χ1) is 13.1. The minimum Gasteiger partial charge on any atom is -0.345 e. The van der Waals surface area contributed by atoms with Crippen LogP contribution in [-0.2, 0) is 16.1 Å². The van der Waals surface area contributed by atoms with E-state index in [4.69, 9.17) is 4.52 Å². The molecule has 1 aliphatic heterocycles. The van der Waals surface area contributed by atoms with Gasteiger partial charge in [0.2, 0.25) is 11.7 Å². The average Bonchev–Trinajstić information content (AvgIpc) is 3.36. The van der Waals surface area contributed by atoms with Gasteiger partial charge in [-0.05, 0) is 25.0 Å². The minimum atomic E-state index is -0.485. The topological polar surface area (TPSA) is 91.6 Å². The van der Waals surface area contributed by atoms with Gasteiger partial charge in [-0.25, -0.2) is 0 Å². The number of hydrogen-bond acceptors (Lipinski definition) is 6. The fraction of sp³-hybridized carbons (Fsp3) is 0.444. The lowest BCUT2D eigenvalue weighted by atomic mass is 10.2. The van der Waals surface area contributed by atoms with Gasteiger partial charge in [0.25, 0.3) is 0 Å². The van der Waals surface area contributed by atoms with Crippen molar-refractivity contribution in [2.24, 2.45) is 0 Å². The van der Waals surface area contributed by atoms with Crippen LogP contribution in [0.15, 0.2) is 33.3 Å². The molecule has 2 heterocycles. The van der Waals surface area contributed by atoms with Crippen molar-refractivity contribution in [3.8, 4) is 11.4 Å². The molecular formula is C18H20BrN5O3. The summed E-state index contributed by atoms with van der Waals surface area (Å²) >= 11 is 3.43. The maximum absolute atomic E-state index is 12.2. The summed E-state index contributed by atoms with van der Waals surface area (Å²) in [6.07, 6.45) is 1.94. The van der Waals surface area contributed by atoms with E-state index in [0.717, 1.165) is 22.9 Å². The van der Waals surface area contributed by atoms with Gasteiger partial charge >= 0.3 is 11.8 Å². The Kier molecular flexibility index (Phi) is 5.22. The van der Waals surface area contributed by atoms with Crippen molar-refractivity contribution < 1.29 is 14.1 Å². The molecule has 8 nitrogen and oxygen atoms in total. The van der Waals surface area contributed by atoms with Crippen LogP contribution in [0.4, 0.5) is 0 Å². The molecule has 1 saturated carbocycles. The van der Waals surface area contributed by atoms with Crippen LogP contribution < -0.4 is 5.32 Å². The Bertz CT molecular complexity index is 843. The fourth-order valence-electron chi connectivity index (χ4n) is 2.98. The Morgan fingerprint density at radius 3 is 2.70 bits per heavy atom. The van der Waals surface area contributed by atoms with Crippen LogP contribution in [0.1, 0.15) is 18.7 Å². The standard InChI is InChI=1S/C18H20BrN5O3/c19-13-3-1-2-12(10-13)16-21-15(27-22-16)11-23-6-8-24(9-7-23)18(26)17(25)20-14-4-5-14/h1-3,10,14H,4-9,11H2,(H,20,25). The van der Waals surface area contributed by atoms with Gasteiger partial charge in [0, 0.05) is 42.3 Å². The molecule has 4 rings (SSSR count). The number of hydrogen-bond donors (Lipinski definition) is 1. The van der Waals surface area contributed by atoms with E-state index in [-0.39, 0.29) is 6.04 Å². The Hall–Kier alpha value is -2.26. The molecule has 2 fully saturated rings. The second-order valence-corrected chi connectivity index (χ2v) is 7.75. The van der Waals surface area contributed by atoms with Crippen LogP contribution in [-0.4, -0.2) is 64.0 Å². The van der Waals surface area contributed by atoms with E-state index in [2.05, 4.69) is 36.3 Å². The largest absolute Gasteiger partial charge is 0.345 e. The number of nitrogens with one attached hydrogen (secondary N) is 1. The van der Waals surface area contributed by atoms with Crippen molar-refractivity contribution in [1.29, 1.82) is 0 Å². The van der Waals surface area contributed by atoms with Gasteiger partial charge in [-0.3, -0.25) is 14.5 Å². The van der Waals surface area contributed by atoms with E-state index >= 15 is 0 Å². The van der Waals surface area contributed by atoms with Crippen molar-refractivity contribution in [3.05, 3.63) is 34.6 Å². The highest BCUT2D eigenvalue weighted by atomic mass is 79.9. The quantitative estimate of drug-likeness (QED) is 0.733. The summed E-state index contributed by atoms with van der Waals surface area (Å²) in [6.45, 7) is 2.89. The van der Waals surface area contributed by atoms with Gasteiger partial charge in [0.05, 0.1) is 6.54 Å². The Morgan fingerprint density at radius 1 is 1.22 bits per heavy atom. The molecule has 27 heavy (non-hydrogen) atoms. The molecule has 1 aliphatic carbocycles. The summed E-state index contributed by atoms with van der Waals surface area (Å²) in [4.78, 5) is 32.2. The molecule has 142 valence electrons. The van der Waals surface area contributed by atoms with Crippen molar-refractivity contribution in [3.63, 3.8) is 0 Å². The number of benzene rings is 1. The highest BCUT2D eigenvalue weighted by Crippen LogP contribution is 2.21. The second-order valence-electron chi connectivity index (χ2n) is 6.84. The Morgan fingerprint density at radius 2 is 2.00 bits per heavy atom. The zero-order chi connectivity index (χ0) is 18.8. The molecule has 2 amide bonds. The van der Waals surface area contributed by atoms with Crippen LogP contribution >= 0.6 is 15.9 Å². The van der Waals surface area contributed by atoms with Gasteiger partial charge < -0.3 is 14.7 Å². The van der Waals surface area contributed by atoms with Gasteiger partial charge in [0.1, 0.15) is 0 Å². The zero-order valence-electron chi connectivity index (χ0n) is 14.7. The average molecular weight is 434 g/mol. The molecule has 1 aromatic carbocycles. The molecule has 1 saturated heterocycles. The minimum absolute atomic E-state index is 0.194. The number of halogens is 1. The van der Waals surface area contributed by atoms with Crippen LogP contribution in [0.5, 0.6) is 0 Å². The molecule has 9 heteroatoms. The molecule has 2 aromatic rings. The van der Waals surface area contributed by atoms with E-state index < -0.39 is 11.8 Å². The third-order valence-corrected chi connectivity index (χ3v) is 5.17. The molecule has 0 radical (unpaired) electrons. The lowest BCUT2D eigenvalue weighted by molar-refractivity contribution is -0.147. The number of rotatable bonds is 4. The summed E-state index contributed by atoms with van der Waals surface area (Å²) in [5.74, 6) is 0.172. The predicted octanol–water partition coefficient (Wildman–Crippen LogP) is 1.42. The van der Waals surface area contributed by atoms with Crippen LogP contribution in [0.2, 0.25) is 0 Å². The number of carbonyl (C=O) groups is 2. The normalized spacial score (nSPS) is 17.7.